The van der Waals surface area contributed by atoms with Gasteiger partial charge in [-0.05, 0) is 38.0 Å². The van der Waals surface area contributed by atoms with Crippen LogP contribution in [0.5, 0.6) is 0 Å². The number of hydrogen-bond acceptors (Lipinski definition) is 4. The van der Waals surface area contributed by atoms with E-state index in [2.05, 4.69) is 24.1 Å². The molecule has 1 aromatic rings. The third kappa shape index (κ3) is 4.01. The Morgan fingerprint density at radius 1 is 1.53 bits per heavy atom. The molecule has 3 N–H and O–H groups in total. The summed E-state index contributed by atoms with van der Waals surface area (Å²) in [5, 5.41) is 3.90. The fourth-order valence-corrected chi connectivity index (χ4v) is 3.02. The van der Waals surface area contributed by atoms with E-state index < -0.39 is 0 Å². The lowest BCUT2D eigenvalue weighted by Gasteiger charge is -2.11. The molecule has 2 rings (SSSR count). The van der Waals surface area contributed by atoms with Gasteiger partial charge in [-0.2, -0.15) is 0 Å². The van der Waals surface area contributed by atoms with Crippen molar-refractivity contribution in [2.45, 2.75) is 46.1 Å². The number of carbonyl (C=O) groups is 1. The lowest BCUT2D eigenvalue weighted by molar-refractivity contribution is 0.0953. The highest BCUT2D eigenvalue weighted by Crippen LogP contribution is 2.31. The number of nitrogens with one attached hydrogen (secondary N) is 1. The molecular weight excluding hydrogens is 258 g/mol. The summed E-state index contributed by atoms with van der Waals surface area (Å²) in [5.74, 6) is 1.10. The Hall–Kier alpha value is -0.940. The van der Waals surface area contributed by atoms with Crippen LogP contribution in [0, 0.1) is 18.8 Å². The first-order valence-electron chi connectivity index (χ1n) is 6.97. The highest BCUT2D eigenvalue weighted by atomic mass is 32.1. The van der Waals surface area contributed by atoms with Crippen LogP contribution in [-0.2, 0) is 6.42 Å². The van der Waals surface area contributed by atoms with Crippen molar-refractivity contribution in [3.63, 3.8) is 0 Å². The zero-order chi connectivity index (χ0) is 14.0. The van der Waals surface area contributed by atoms with Gasteiger partial charge in [0.05, 0.1) is 10.7 Å². The molecule has 1 atom stereocenters. The number of hydrogen-bond donors (Lipinski definition) is 2. The summed E-state index contributed by atoms with van der Waals surface area (Å²) in [6, 6.07) is 0.103. The maximum atomic E-state index is 12.2. The van der Waals surface area contributed by atoms with Crippen molar-refractivity contribution in [2.75, 3.05) is 6.54 Å². The lowest BCUT2D eigenvalue weighted by atomic mass is 10.1. The SMILES string of the molecule is Cc1nc(CC(C)C)c(C(=O)NCC(N)C2CC2)s1. The second-order valence-electron chi connectivity index (χ2n) is 5.82. The number of nitrogens with two attached hydrogens (primary N) is 1. The predicted molar refractivity (Wildman–Crippen MR) is 78.4 cm³/mol. The highest BCUT2D eigenvalue weighted by Gasteiger charge is 2.29. The normalized spacial score (nSPS) is 16.7. The molecule has 0 bridgehead atoms. The number of nitrogens with zero attached hydrogens (tertiary/aromatic N) is 1. The van der Waals surface area contributed by atoms with Crippen LogP contribution < -0.4 is 11.1 Å². The van der Waals surface area contributed by atoms with Crippen molar-refractivity contribution in [2.24, 2.45) is 17.6 Å². The minimum Gasteiger partial charge on any atom is -0.350 e. The van der Waals surface area contributed by atoms with E-state index in [1.165, 1.54) is 24.2 Å². The molecule has 0 aliphatic heterocycles. The first-order valence-corrected chi connectivity index (χ1v) is 7.79. The molecule has 1 aliphatic rings. The van der Waals surface area contributed by atoms with Gasteiger partial charge in [0.25, 0.3) is 5.91 Å². The minimum absolute atomic E-state index is 0.0163. The summed E-state index contributed by atoms with van der Waals surface area (Å²) < 4.78 is 0. The van der Waals surface area contributed by atoms with E-state index in [0.717, 1.165) is 22.0 Å². The fourth-order valence-electron chi connectivity index (χ4n) is 2.15. The summed E-state index contributed by atoms with van der Waals surface area (Å²) >= 11 is 1.48. The monoisotopic (exact) mass is 281 g/mol. The Kier molecular flexibility index (Phi) is 4.58. The molecule has 1 fully saturated rings. The number of carbonyl (C=O) groups excluding carboxylic acids is 1. The molecule has 1 amide bonds. The quantitative estimate of drug-likeness (QED) is 0.839. The highest BCUT2D eigenvalue weighted by molar-refractivity contribution is 7.13. The lowest BCUT2D eigenvalue weighted by Crippen LogP contribution is -2.38. The van der Waals surface area contributed by atoms with Crippen molar-refractivity contribution in [3.8, 4) is 0 Å². The van der Waals surface area contributed by atoms with E-state index in [9.17, 15) is 4.79 Å². The van der Waals surface area contributed by atoms with Crippen LogP contribution in [0.3, 0.4) is 0 Å². The topological polar surface area (TPSA) is 68.0 Å². The zero-order valence-electron chi connectivity index (χ0n) is 11.9. The smallest absolute Gasteiger partial charge is 0.263 e. The molecule has 1 unspecified atom stereocenters. The summed E-state index contributed by atoms with van der Waals surface area (Å²) in [7, 11) is 0. The van der Waals surface area contributed by atoms with Crippen LogP contribution in [0.25, 0.3) is 0 Å². The predicted octanol–water partition coefficient (Wildman–Crippen LogP) is 2.12. The molecule has 1 aromatic heterocycles. The van der Waals surface area contributed by atoms with Gasteiger partial charge in [-0.3, -0.25) is 4.79 Å². The van der Waals surface area contributed by atoms with Crippen molar-refractivity contribution >= 4 is 17.2 Å². The van der Waals surface area contributed by atoms with E-state index >= 15 is 0 Å². The first kappa shape index (κ1) is 14.5. The Labute approximate surface area is 118 Å². The van der Waals surface area contributed by atoms with Gasteiger partial charge in [0.15, 0.2) is 0 Å². The molecule has 4 nitrogen and oxygen atoms in total. The summed E-state index contributed by atoms with van der Waals surface area (Å²) in [4.78, 5) is 17.4. The maximum absolute atomic E-state index is 12.2. The van der Waals surface area contributed by atoms with Crippen molar-refractivity contribution in [3.05, 3.63) is 15.6 Å². The molecule has 19 heavy (non-hydrogen) atoms. The fraction of sp³-hybridized carbons (Fsp3) is 0.714. The molecular formula is C14H23N3OS. The van der Waals surface area contributed by atoms with Crippen LogP contribution in [0.1, 0.15) is 47.1 Å². The number of rotatable bonds is 6. The number of amides is 1. The van der Waals surface area contributed by atoms with Crippen LogP contribution in [0.4, 0.5) is 0 Å². The van der Waals surface area contributed by atoms with Crippen molar-refractivity contribution in [1.29, 1.82) is 0 Å². The van der Waals surface area contributed by atoms with Gasteiger partial charge in [-0.1, -0.05) is 13.8 Å². The Morgan fingerprint density at radius 2 is 2.21 bits per heavy atom. The second-order valence-corrected chi connectivity index (χ2v) is 7.02. The van der Waals surface area contributed by atoms with Gasteiger partial charge in [0, 0.05) is 12.6 Å². The van der Waals surface area contributed by atoms with Gasteiger partial charge >= 0.3 is 0 Å². The van der Waals surface area contributed by atoms with Gasteiger partial charge < -0.3 is 11.1 Å². The molecule has 1 aliphatic carbocycles. The van der Waals surface area contributed by atoms with Crippen LogP contribution in [0.15, 0.2) is 0 Å². The van der Waals surface area contributed by atoms with E-state index in [-0.39, 0.29) is 11.9 Å². The number of aromatic nitrogens is 1. The van der Waals surface area contributed by atoms with Crippen molar-refractivity contribution in [1.82, 2.24) is 10.3 Å². The zero-order valence-corrected chi connectivity index (χ0v) is 12.7. The molecule has 0 radical (unpaired) electrons. The number of aryl methyl sites for hydroxylation is 1. The van der Waals surface area contributed by atoms with Crippen molar-refractivity contribution < 1.29 is 4.79 Å². The summed E-state index contributed by atoms with van der Waals surface area (Å²) in [6.45, 7) is 6.79. The first-order chi connectivity index (χ1) is 8.97. The summed E-state index contributed by atoms with van der Waals surface area (Å²) in [6.07, 6.45) is 3.26. The molecule has 106 valence electrons. The molecule has 0 spiro atoms. The van der Waals surface area contributed by atoms with Gasteiger partial charge in [-0.25, -0.2) is 4.98 Å². The molecule has 1 heterocycles. The van der Waals surface area contributed by atoms with Gasteiger partial charge in [0.1, 0.15) is 4.88 Å². The van der Waals surface area contributed by atoms with Crippen LogP contribution >= 0.6 is 11.3 Å². The summed E-state index contributed by atoms with van der Waals surface area (Å²) in [5.41, 5.74) is 6.93. The average molecular weight is 281 g/mol. The third-order valence-corrected chi connectivity index (χ3v) is 4.35. The minimum atomic E-state index is -0.0163. The van der Waals surface area contributed by atoms with Gasteiger partial charge in [0.2, 0.25) is 0 Å². The third-order valence-electron chi connectivity index (χ3n) is 3.34. The molecule has 1 saturated carbocycles. The second kappa shape index (κ2) is 6.01. The largest absolute Gasteiger partial charge is 0.350 e. The molecule has 0 aromatic carbocycles. The standard InChI is InChI=1S/C14H23N3OS/c1-8(2)6-12-13(19-9(3)17-12)14(18)16-7-11(15)10-4-5-10/h8,10-11H,4-7,15H2,1-3H3,(H,16,18). The average Bonchev–Trinajstić information content (AvgIpc) is 3.10. The van der Waals surface area contributed by atoms with Crippen LogP contribution in [0.2, 0.25) is 0 Å². The van der Waals surface area contributed by atoms with E-state index in [1.54, 1.807) is 0 Å². The molecule has 5 heteroatoms. The van der Waals surface area contributed by atoms with Gasteiger partial charge in [-0.15, -0.1) is 11.3 Å². The van der Waals surface area contributed by atoms with E-state index in [0.29, 0.717) is 18.4 Å². The van der Waals surface area contributed by atoms with Crippen LogP contribution in [-0.4, -0.2) is 23.5 Å². The van der Waals surface area contributed by atoms with E-state index in [4.69, 9.17) is 5.73 Å². The number of thiazole rings is 1. The van der Waals surface area contributed by atoms with E-state index in [1.807, 2.05) is 6.92 Å². The Balaban J connectivity index is 1.97. The Bertz CT molecular complexity index is 452. The Morgan fingerprint density at radius 3 is 2.79 bits per heavy atom. The molecule has 0 saturated heterocycles. The maximum Gasteiger partial charge on any atom is 0.263 e.